The highest BCUT2D eigenvalue weighted by Crippen LogP contribution is 2.47. The summed E-state index contributed by atoms with van der Waals surface area (Å²) < 4.78 is 12.1. The monoisotopic (exact) mass is 339 g/mol. The molecule has 2 fully saturated rings. The van der Waals surface area contributed by atoms with Gasteiger partial charge in [-0.25, -0.2) is 4.99 Å². The van der Waals surface area contributed by atoms with E-state index in [-0.39, 0.29) is 0 Å². The number of ether oxygens (including phenoxy) is 2. The second-order valence-corrected chi connectivity index (χ2v) is 11.7. The van der Waals surface area contributed by atoms with E-state index in [1.807, 2.05) is 18.0 Å². The third kappa shape index (κ3) is 2.89. The highest BCUT2D eigenvalue weighted by Gasteiger charge is 2.62. The molecule has 3 aliphatic heterocycles. The molecule has 0 spiro atoms. The summed E-state index contributed by atoms with van der Waals surface area (Å²) in [5, 5.41) is 10.7. The van der Waals surface area contributed by atoms with E-state index in [0.717, 1.165) is 18.2 Å². The van der Waals surface area contributed by atoms with Gasteiger partial charge in [0.15, 0.2) is 6.23 Å². The maximum absolute atomic E-state index is 10.7. The van der Waals surface area contributed by atoms with Crippen molar-refractivity contribution in [3.8, 4) is 0 Å². The molecule has 0 amide bonds. The van der Waals surface area contributed by atoms with Crippen LogP contribution in [0.5, 0.6) is 0 Å². The van der Waals surface area contributed by atoms with Crippen LogP contribution in [-0.2, 0) is 9.47 Å². The van der Waals surface area contributed by atoms with Crippen LogP contribution < -0.4 is 5.73 Å². The number of nitrogens with zero attached hydrogens (tertiary/aromatic N) is 2. The van der Waals surface area contributed by atoms with Gasteiger partial charge < -0.3 is 25.2 Å². The first kappa shape index (κ1) is 16.8. The molecule has 0 radical (unpaired) electrons. The minimum atomic E-state index is -1.19. The summed E-state index contributed by atoms with van der Waals surface area (Å²) in [6.45, 7) is 9.42. The lowest BCUT2D eigenvalue weighted by molar-refractivity contribution is -0.181. The fraction of sp³-hybridized carbons (Fsp3) is 0.625. The largest absolute Gasteiger partial charge is 0.387 e. The first-order chi connectivity index (χ1) is 10.6. The van der Waals surface area contributed by atoms with Gasteiger partial charge in [0.1, 0.15) is 29.5 Å². The molecule has 3 aliphatic rings. The van der Waals surface area contributed by atoms with Gasteiger partial charge in [0.25, 0.3) is 0 Å². The third-order valence-electron chi connectivity index (χ3n) is 4.71. The van der Waals surface area contributed by atoms with E-state index in [1.54, 1.807) is 0 Å². The number of rotatable bonds is 4. The molecule has 2 bridgehead atoms. The third-order valence-corrected chi connectivity index (χ3v) is 6.14. The summed E-state index contributed by atoms with van der Waals surface area (Å²) in [7, 11) is 0. The molecule has 3 rings (SSSR count). The topological polar surface area (TPSA) is 80.3 Å². The smallest absolute Gasteiger partial charge is 0.165 e. The SMILES string of the molecule is C=C1N=C(N)C(C)=CN1C1O[C@@]2(CCP(=C)(C)C)CO[C@@H]1[C@@H]2O. The summed E-state index contributed by atoms with van der Waals surface area (Å²) in [5.41, 5.74) is 6.01. The van der Waals surface area contributed by atoms with Crippen molar-refractivity contribution in [1.29, 1.82) is 0 Å². The number of aliphatic hydroxyl groups excluding tert-OH is 1. The van der Waals surface area contributed by atoms with Gasteiger partial charge in [-0.2, -0.15) is 0 Å². The molecular weight excluding hydrogens is 313 g/mol. The van der Waals surface area contributed by atoms with Crippen LogP contribution in [0.1, 0.15) is 13.3 Å². The first-order valence-electron chi connectivity index (χ1n) is 7.78. The molecular formula is C16H26N3O3P. The molecule has 7 heteroatoms. The van der Waals surface area contributed by atoms with E-state index >= 15 is 0 Å². The van der Waals surface area contributed by atoms with Crippen LogP contribution in [0.25, 0.3) is 0 Å². The summed E-state index contributed by atoms with van der Waals surface area (Å²) in [6, 6.07) is 0. The molecule has 0 saturated carbocycles. The minimum absolute atomic E-state index is 0.406. The molecule has 4 atom stereocenters. The molecule has 0 aromatic carbocycles. The molecule has 1 unspecified atom stereocenters. The number of hydrogen-bond donors (Lipinski definition) is 2. The Balaban J connectivity index is 1.80. The number of aliphatic hydroxyl groups is 1. The average molecular weight is 339 g/mol. The zero-order valence-electron chi connectivity index (χ0n) is 14.0. The van der Waals surface area contributed by atoms with Crippen molar-refractivity contribution in [3.05, 3.63) is 24.2 Å². The summed E-state index contributed by atoms with van der Waals surface area (Å²) in [6.07, 6.45) is 6.32. The van der Waals surface area contributed by atoms with Gasteiger partial charge in [0, 0.05) is 11.8 Å². The Labute approximate surface area is 137 Å². The molecule has 0 aliphatic carbocycles. The normalized spacial score (nSPS) is 37.1. The number of fused-ring (bicyclic) bond motifs is 2. The highest BCUT2D eigenvalue weighted by molar-refractivity contribution is 7.72. The lowest BCUT2D eigenvalue weighted by Gasteiger charge is -2.37. The fourth-order valence-electron chi connectivity index (χ4n) is 3.20. The van der Waals surface area contributed by atoms with Crippen LogP contribution in [-0.4, -0.2) is 72.3 Å². The Hall–Kier alpha value is -1.07. The Morgan fingerprint density at radius 1 is 1.57 bits per heavy atom. The van der Waals surface area contributed by atoms with Gasteiger partial charge in [0.05, 0.1) is 6.61 Å². The number of hydrogen-bond acceptors (Lipinski definition) is 6. The Kier molecular flexibility index (Phi) is 4.00. The maximum atomic E-state index is 10.7. The number of aliphatic imine (C=N–C) groups is 1. The minimum Gasteiger partial charge on any atom is -0.387 e. The second-order valence-electron chi connectivity index (χ2n) is 7.34. The van der Waals surface area contributed by atoms with E-state index in [0.29, 0.717) is 18.3 Å². The van der Waals surface area contributed by atoms with Crippen LogP contribution in [0.4, 0.5) is 0 Å². The zero-order chi connectivity index (χ0) is 17.0. The highest BCUT2D eigenvalue weighted by atomic mass is 31.2. The molecule has 128 valence electrons. The van der Waals surface area contributed by atoms with Crippen molar-refractivity contribution < 1.29 is 14.6 Å². The van der Waals surface area contributed by atoms with E-state index in [1.165, 1.54) is 0 Å². The van der Waals surface area contributed by atoms with Crippen molar-refractivity contribution in [3.63, 3.8) is 0 Å². The number of nitrogens with two attached hydrogens (primary N) is 1. The molecule has 0 aromatic heterocycles. The van der Waals surface area contributed by atoms with Crippen molar-refractivity contribution in [1.82, 2.24) is 4.90 Å². The number of amidine groups is 1. The van der Waals surface area contributed by atoms with E-state index < -0.39 is 30.9 Å². The van der Waals surface area contributed by atoms with Crippen molar-refractivity contribution in [2.75, 3.05) is 26.1 Å². The van der Waals surface area contributed by atoms with Crippen molar-refractivity contribution in [2.45, 2.75) is 37.4 Å². The predicted octanol–water partition coefficient (Wildman–Crippen LogP) is 0.988. The van der Waals surface area contributed by atoms with Crippen LogP contribution in [0.15, 0.2) is 29.2 Å². The van der Waals surface area contributed by atoms with Crippen LogP contribution in [0, 0.1) is 0 Å². The fourth-order valence-corrected chi connectivity index (χ4v) is 4.19. The summed E-state index contributed by atoms with van der Waals surface area (Å²) in [5.74, 6) is 0.954. The summed E-state index contributed by atoms with van der Waals surface area (Å²) >= 11 is 0. The molecule has 3 N–H and O–H groups in total. The van der Waals surface area contributed by atoms with E-state index in [4.69, 9.17) is 15.2 Å². The Bertz CT molecular complexity index is 638. The molecule has 6 nitrogen and oxygen atoms in total. The lowest BCUT2D eigenvalue weighted by atomic mass is 9.96. The average Bonchev–Trinajstić information content (AvgIpc) is 2.91. The quantitative estimate of drug-likeness (QED) is 0.747. The van der Waals surface area contributed by atoms with E-state index in [2.05, 4.69) is 31.2 Å². The van der Waals surface area contributed by atoms with Gasteiger partial charge in [-0.15, -0.1) is 13.2 Å². The predicted molar refractivity (Wildman–Crippen MR) is 95.1 cm³/mol. The molecule has 2 saturated heterocycles. The van der Waals surface area contributed by atoms with Gasteiger partial charge in [-0.3, -0.25) is 0 Å². The van der Waals surface area contributed by atoms with Gasteiger partial charge >= 0.3 is 0 Å². The maximum Gasteiger partial charge on any atom is 0.165 e. The van der Waals surface area contributed by atoms with Crippen LogP contribution in [0.3, 0.4) is 0 Å². The van der Waals surface area contributed by atoms with Crippen molar-refractivity contribution in [2.24, 2.45) is 10.7 Å². The Morgan fingerprint density at radius 3 is 2.91 bits per heavy atom. The van der Waals surface area contributed by atoms with Crippen molar-refractivity contribution >= 4 is 19.0 Å². The molecule has 3 heterocycles. The van der Waals surface area contributed by atoms with E-state index in [9.17, 15) is 5.11 Å². The molecule has 23 heavy (non-hydrogen) atoms. The van der Waals surface area contributed by atoms with Gasteiger partial charge in [-0.1, -0.05) is 6.58 Å². The van der Waals surface area contributed by atoms with Crippen LogP contribution >= 0.6 is 6.89 Å². The second kappa shape index (κ2) is 5.49. The Morgan fingerprint density at radius 2 is 2.26 bits per heavy atom. The standard InChI is InChI=1S/C16H26N3O3P/c1-10-8-19(11(2)18-14(10)17)15-12-13(20)16(22-15,9-21-12)6-7-23(3,4)5/h8,12-13,15,20H,2-3,6-7,9H2,1,4-5H3,(H2,17,18)/t12-,13+,15?,16+/m1/s1. The van der Waals surface area contributed by atoms with Crippen LogP contribution in [0.2, 0.25) is 0 Å². The first-order valence-corrected chi connectivity index (χ1v) is 10.8. The van der Waals surface area contributed by atoms with Gasteiger partial charge in [-0.05, 0) is 32.8 Å². The molecule has 0 aromatic rings. The van der Waals surface area contributed by atoms with Gasteiger partial charge in [0.2, 0.25) is 0 Å². The zero-order valence-corrected chi connectivity index (χ0v) is 14.9. The lowest BCUT2D eigenvalue weighted by Crippen LogP contribution is -2.46. The summed E-state index contributed by atoms with van der Waals surface area (Å²) in [4.78, 5) is 6.05.